The van der Waals surface area contributed by atoms with Crippen molar-refractivity contribution < 1.29 is 5.11 Å². The summed E-state index contributed by atoms with van der Waals surface area (Å²) >= 11 is 3.21. The molecule has 1 aromatic heterocycles. The van der Waals surface area contributed by atoms with Crippen molar-refractivity contribution in [1.82, 2.24) is 9.78 Å². The van der Waals surface area contributed by atoms with Gasteiger partial charge >= 0.3 is 0 Å². The van der Waals surface area contributed by atoms with Gasteiger partial charge in [0.25, 0.3) is 5.56 Å². The van der Waals surface area contributed by atoms with Crippen molar-refractivity contribution in [1.29, 1.82) is 0 Å². The number of aliphatic hydroxyl groups is 1. The first-order valence-corrected chi connectivity index (χ1v) is 5.60. The van der Waals surface area contributed by atoms with Gasteiger partial charge in [-0.1, -0.05) is 6.92 Å². The van der Waals surface area contributed by atoms with Crippen LogP contribution < -0.4 is 10.9 Å². The van der Waals surface area contributed by atoms with Crippen molar-refractivity contribution in [3.8, 4) is 0 Å². The normalized spacial score (nSPS) is 10.3. The van der Waals surface area contributed by atoms with Crippen molar-refractivity contribution in [3.63, 3.8) is 0 Å². The van der Waals surface area contributed by atoms with Gasteiger partial charge in [0.15, 0.2) is 0 Å². The van der Waals surface area contributed by atoms with Gasteiger partial charge in [-0.3, -0.25) is 4.79 Å². The summed E-state index contributed by atoms with van der Waals surface area (Å²) in [5.74, 6) is 0. The van der Waals surface area contributed by atoms with Crippen molar-refractivity contribution in [2.45, 2.75) is 19.9 Å². The summed E-state index contributed by atoms with van der Waals surface area (Å²) in [4.78, 5) is 11.6. The molecule has 0 aliphatic rings. The van der Waals surface area contributed by atoms with Crippen LogP contribution in [0.15, 0.2) is 15.5 Å². The molecule has 0 fully saturated rings. The molecule has 2 N–H and O–H groups in total. The van der Waals surface area contributed by atoms with Gasteiger partial charge in [-0.25, -0.2) is 4.68 Å². The van der Waals surface area contributed by atoms with E-state index in [0.29, 0.717) is 10.2 Å². The first-order valence-electron chi connectivity index (χ1n) is 4.81. The molecule has 84 valence electrons. The lowest BCUT2D eigenvalue weighted by Gasteiger charge is -2.08. The molecule has 0 aliphatic carbocycles. The lowest BCUT2D eigenvalue weighted by molar-refractivity contribution is 0.266. The third-order valence-corrected chi connectivity index (χ3v) is 2.63. The summed E-state index contributed by atoms with van der Waals surface area (Å²) in [5, 5.41) is 15.7. The van der Waals surface area contributed by atoms with Gasteiger partial charge < -0.3 is 10.4 Å². The number of nitrogens with zero attached hydrogens (tertiary/aromatic N) is 2. The third kappa shape index (κ3) is 3.04. The number of aliphatic hydroxyl groups excluding tert-OH is 1. The van der Waals surface area contributed by atoms with E-state index in [0.717, 1.165) is 13.0 Å². The van der Waals surface area contributed by atoms with Gasteiger partial charge in [0.05, 0.1) is 25.0 Å². The molecule has 0 radical (unpaired) electrons. The van der Waals surface area contributed by atoms with Gasteiger partial charge in [-0.15, -0.1) is 0 Å². The quantitative estimate of drug-likeness (QED) is 0.835. The average molecular weight is 276 g/mol. The van der Waals surface area contributed by atoms with Crippen LogP contribution in [0.25, 0.3) is 0 Å². The van der Waals surface area contributed by atoms with Crippen LogP contribution in [0.5, 0.6) is 0 Å². The first kappa shape index (κ1) is 12.2. The molecule has 0 amide bonds. The zero-order chi connectivity index (χ0) is 11.3. The van der Waals surface area contributed by atoms with Crippen LogP contribution in [0.4, 0.5) is 5.69 Å². The van der Waals surface area contributed by atoms with Crippen molar-refractivity contribution in [3.05, 3.63) is 21.0 Å². The Morgan fingerprint density at radius 2 is 2.40 bits per heavy atom. The fraction of sp³-hybridized carbons (Fsp3) is 0.556. The SMILES string of the molecule is CCCNc1cnn(CCO)c(=O)c1Br. The first-order chi connectivity index (χ1) is 7.20. The van der Waals surface area contributed by atoms with Gasteiger partial charge in [-0.2, -0.15) is 5.10 Å². The fourth-order valence-electron chi connectivity index (χ4n) is 1.10. The van der Waals surface area contributed by atoms with Crippen molar-refractivity contribution in [2.24, 2.45) is 0 Å². The van der Waals surface area contributed by atoms with Crippen LogP contribution in [0.2, 0.25) is 0 Å². The predicted molar refractivity (Wildman–Crippen MR) is 62.1 cm³/mol. The Morgan fingerprint density at radius 3 is 3.00 bits per heavy atom. The lowest BCUT2D eigenvalue weighted by Crippen LogP contribution is -2.25. The third-order valence-electron chi connectivity index (χ3n) is 1.86. The molecule has 15 heavy (non-hydrogen) atoms. The van der Waals surface area contributed by atoms with E-state index in [-0.39, 0.29) is 18.7 Å². The van der Waals surface area contributed by atoms with Gasteiger partial charge in [0.2, 0.25) is 0 Å². The number of halogens is 1. The van der Waals surface area contributed by atoms with Crippen LogP contribution in [0.1, 0.15) is 13.3 Å². The second kappa shape index (κ2) is 5.87. The van der Waals surface area contributed by atoms with E-state index < -0.39 is 0 Å². The lowest BCUT2D eigenvalue weighted by atomic mass is 10.4. The molecule has 6 heteroatoms. The predicted octanol–water partition coefficient (Wildman–Crippen LogP) is 0.820. The molecular formula is C9H14BrN3O2. The molecule has 0 bridgehead atoms. The molecule has 0 saturated carbocycles. The summed E-state index contributed by atoms with van der Waals surface area (Å²) < 4.78 is 1.68. The minimum atomic E-state index is -0.231. The molecule has 0 saturated heterocycles. The Bertz CT molecular complexity index is 378. The molecule has 0 aliphatic heterocycles. The molecule has 1 aromatic rings. The van der Waals surface area contributed by atoms with Crippen LogP contribution in [0, 0.1) is 0 Å². The molecule has 0 aromatic carbocycles. The maximum Gasteiger partial charge on any atom is 0.283 e. The molecule has 5 nitrogen and oxygen atoms in total. The largest absolute Gasteiger partial charge is 0.394 e. The summed E-state index contributed by atoms with van der Waals surface area (Å²) in [5.41, 5.74) is 0.459. The number of aromatic nitrogens is 2. The Balaban J connectivity index is 2.94. The minimum Gasteiger partial charge on any atom is -0.394 e. The highest BCUT2D eigenvalue weighted by Gasteiger charge is 2.07. The van der Waals surface area contributed by atoms with E-state index in [1.807, 2.05) is 6.92 Å². The van der Waals surface area contributed by atoms with Crippen LogP contribution in [-0.4, -0.2) is 28.0 Å². The summed E-state index contributed by atoms with van der Waals surface area (Å²) in [6.45, 7) is 2.96. The minimum absolute atomic E-state index is 0.0961. The van der Waals surface area contributed by atoms with E-state index in [4.69, 9.17) is 5.11 Å². The van der Waals surface area contributed by atoms with Crippen molar-refractivity contribution >= 4 is 21.6 Å². The Labute approximate surface area is 96.2 Å². The topological polar surface area (TPSA) is 67.2 Å². The van der Waals surface area contributed by atoms with Crippen LogP contribution in [0.3, 0.4) is 0 Å². The van der Waals surface area contributed by atoms with Crippen molar-refractivity contribution in [2.75, 3.05) is 18.5 Å². The number of hydrogen-bond acceptors (Lipinski definition) is 4. The summed E-state index contributed by atoms with van der Waals surface area (Å²) in [6.07, 6.45) is 2.56. The van der Waals surface area contributed by atoms with Crippen LogP contribution >= 0.6 is 15.9 Å². The average Bonchev–Trinajstić information content (AvgIpc) is 2.24. The molecular weight excluding hydrogens is 262 g/mol. The second-order valence-corrected chi connectivity index (χ2v) is 3.84. The van der Waals surface area contributed by atoms with Gasteiger partial charge in [0, 0.05) is 6.54 Å². The van der Waals surface area contributed by atoms with E-state index in [9.17, 15) is 4.79 Å². The zero-order valence-electron chi connectivity index (χ0n) is 8.53. The maximum atomic E-state index is 11.6. The highest BCUT2D eigenvalue weighted by atomic mass is 79.9. The Kier molecular flexibility index (Phi) is 4.77. The highest BCUT2D eigenvalue weighted by molar-refractivity contribution is 9.10. The molecule has 0 unspecified atom stereocenters. The van der Waals surface area contributed by atoms with E-state index in [2.05, 4.69) is 26.3 Å². The monoisotopic (exact) mass is 275 g/mol. The summed E-state index contributed by atoms with van der Waals surface area (Å²) in [6, 6.07) is 0. The second-order valence-electron chi connectivity index (χ2n) is 3.05. The zero-order valence-corrected chi connectivity index (χ0v) is 10.1. The molecule has 0 atom stereocenters. The van der Waals surface area contributed by atoms with Gasteiger partial charge in [0.1, 0.15) is 4.47 Å². The number of anilines is 1. The highest BCUT2D eigenvalue weighted by Crippen LogP contribution is 2.15. The maximum absolute atomic E-state index is 11.6. The van der Waals surface area contributed by atoms with E-state index in [1.165, 1.54) is 4.68 Å². The standard InChI is InChI=1S/C9H14BrN3O2/c1-2-3-11-7-6-12-13(4-5-14)9(15)8(7)10/h6,11,14H,2-5H2,1H3. The molecule has 1 heterocycles. The van der Waals surface area contributed by atoms with E-state index in [1.54, 1.807) is 6.20 Å². The van der Waals surface area contributed by atoms with Gasteiger partial charge in [-0.05, 0) is 22.4 Å². The summed E-state index contributed by atoms with van der Waals surface area (Å²) in [7, 11) is 0. The Morgan fingerprint density at radius 1 is 1.67 bits per heavy atom. The van der Waals surface area contributed by atoms with E-state index >= 15 is 0 Å². The number of hydrogen-bond donors (Lipinski definition) is 2. The molecule has 0 spiro atoms. The van der Waals surface area contributed by atoms with Crippen LogP contribution in [-0.2, 0) is 6.54 Å². The fourth-order valence-corrected chi connectivity index (χ4v) is 1.55. The Hall–Kier alpha value is -0.880. The number of nitrogens with one attached hydrogen (secondary N) is 1. The number of rotatable bonds is 5. The molecule has 1 rings (SSSR count). The smallest absolute Gasteiger partial charge is 0.283 e.